The molecule has 0 spiro atoms. The van der Waals surface area contributed by atoms with Crippen molar-refractivity contribution in [3.63, 3.8) is 0 Å². The van der Waals surface area contributed by atoms with Crippen LogP contribution in [0.15, 0.2) is 71.9 Å². The smallest absolute Gasteiger partial charge is 0.269 e. The van der Waals surface area contributed by atoms with Gasteiger partial charge in [-0.25, -0.2) is 4.99 Å². The third kappa shape index (κ3) is 6.58. The van der Waals surface area contributed by atoms with Crippen LogP contribution in [-0.2, 0) is 13.0 Å². The normalized spacial score (nSPS) is 11.0. The van der Waals surface area contributed by atoms with Crippen LogP contribution >= 0.6 is 24.0 Å². The van der Waals surface area contributed by atoms with E-state index >= 15 is 0 Å². The first-order valence-corrected chi connectivity index (χ1v) is 9.48. The van der Waals surface area contributed by atoms with Gasteiger partial charge in [-0.3, -0.25) is 10.1 Å². The van der Waals surface area contributed by atoms with Crippen LogP contribution in [0.3, 0.4) is 0 Å². The number of benzene rings is 2. The molecule has 3 N–H and O–H groups in total. The number of aromatic amines is 1. The van der Waals surface area contributed by atoms with Gasteiger partial charge in [0.2, 0.25) is 0 Å². The Labute approximate surface area is 192 Å². The monoisotopic (exact) mass is 519 g/mol. The number of halogens is 1. The van der Waals surface area contributed by atoms with Crippen LogP contribution in [0.5, 0.6) is 0 Å². The maximum absolute atomic E-state index is 10.8. The van der Waals surface area contributed by atoms with Crippen molar-refractivity contribution in [3.05, 3.63) is 88.1 Å². The summed E-state index contributed by atoms with van der Waals surface area (Å²) in [5, 5.41) is 18.6. The second-order valence-electron chi connectivity index (χ2n) is 6.94. The van der Waals surface area contributed by atoms with Crippen molar-refractivity contribution in [3.8, 4) is 0 Å². The molecule has 2 aromatic carbocycles. The molecule has 0 amide bonds. The average Bonchev–Trinajstić information content (AvgIpc) is 3.13. The van der Waals surface area contributed by atoms with Crippen LogP contribution in [0.1, 0.15) is 18.1 Å². The number of guanidine groups is 1. The first-order chi connectivity index (χ1) is 14.0. The molecule has 1 heterocycles. The second kappa shape index (κ2) is 11.3. The van der Waals surface area contributed by atoms with E-state index in [2.05, 4.69) is 39.3 Å². The van der Waals surface area contributed by atoms with Gasteiger partial charge in [0.05, 0.1) is 11.5 Å². The molecular formula is C22H26IN5O2. The SMILES string of the molecule is C=C(C)CNC(=NCc1ccc([N+](=O)[O-])cc1)NCCc1c[nH]c2ccccc12.I. The van der Waals surface area contributed by atoms with Crippen molar-refractivity contribution in [2.75, 3.05) is 13.1 Å². The molecule has 8 heteroatoms. The number of rotatable bonds is 8. The van der Waals surface area contributed by atoms with E-state index in [4.69, 9.17) is 0 Å². The van der Waals surface area contributed by atoms with Crippen LogP contribution in [-0.4, -0.2) is 29.0 Å². The van der Waals surface area contributed by atoms with Crippen molar-refractivity contribution < 1.29 is 4.92 Å². The molecule has 0 bridgehead atoms. The maximum Gasteiger partial charge on any atom is 0.269 e. The summed E-state index contributed by atoms with van der Waals surface area (Å²) >= 11 is 0. The lowest BCUT2D eigenvalue weighted by atomic mass is 10.1. The quantitative estimate of drug-likeness (QED) is 0.102. The Bertz CT molecular complexity index is 1030. The highest BCUT2D eigenvalue weighted by Crippen LogP contribution is 2.17. The number of para-hydroxylation sites is 1. The number of hydrogen-bond acceptors (Lipinski definition) is 3. The number of hydrogen-bond donors (Lipinski definition) is 3. The topological polar surface area (TPSA) is 95.3 Å². The van der Waals surface area contributed by atoms with Crippen LogP contribution < -0.4 is 10.6 Å². The summed E-state index contributed by atoms with van der Waals surface area (Å²) in [5.74, 6) is 0.686. The van der Waals surface area contributed by atoms with E-state index in [1.807, 2.05) is 25.3 Å². The number of aromatic nitrogens is 1. The molecule has 0 saturated carbocycles. The molecule has 158 valence electrons. The van der Waals surface area contributed by atoms with Crippen molar-refractivity contribution in [2.45, 2.75) is 19.9 Å². The fraction of sp³-hybridized carbons (Fsp3) is 0.227. The van der Waals surface area contributed by atoms with E-state index in [0.717, 1.165) is 29.6 Å². The van der Waals surface area contributed by atoms with Gasteiger partial charge in [-0.2, -0.15) is 0 Å². The van der Waals surface area contributed by atoms with Gasteiger partial charge in [0, 0.05) is 42.3 Å². The number of H-pyrrole nitrogens is 1. The van der Waals surface area contributed by atoms with E-state index < -0.39 is 4.92 Å². The lowest BCUT2D eigenvalue weighted by molar-refractivity contribution is -0.384. The van der Waals surface area contributed by atoms with Crippen LogP contribution in [0, 0.1) is 10.1 Å². The fourth-order valence-electron chi connectivity index (χ4n) is 2.96. The van der Waals surface area contributed by atoms with Crippen LogP contribution in [0.2, 0.25) is 0 Å². The molecule has 0 aliphatic rings. The van der Waals surface area contributed by atoms with Crippen molar-refractivity contribution in [2.24, 2.45) is 4.99 Å². The summed E-state index contributed by atoms with van der Waals surface area (Å²) in [6.07, 6.45) is 2.90. The number of aliphatic imine (C=N–C) groups is 1. The summed E-state index contributed by atoms with van der Waals surface area (Å²) in [7, 11) is 0. The average molecular weight is 519 g/mol. The van der Waals surface area contributed by atoms with Gasteiger partial charge >= 0.3 is 0 Å². The first-order valence-electron chi connectivity index (χ1n) is 9.48. The zero-order chi connectivity index (χ0) is 20.6. The van der Waals surface area contributed by atoms with Crippen molar-refractivity contribution in [1.82, 2.24) is 15.6 Å². The van der Waals surface area contributed by atoms with Gasteiger partial charge < -0.3 is 15.6 Å². The predicted molar refractivity (Wildman–Crippen MR) is 132 cm³/mol. The lowest BCUT2D eigenvalue weighted by Crippen LogP contribution is -2.39. The number of nitrogens with one attached hydrogen (secondary N) is 3. The highest BCUT2D eigenvalue weighted by molar-refractivity contribution is 14.0. The number of fused-ring (bicyclic) bond motifs is 1. The van der Waals surface area contributed by atoms with Gasteiger partial charge in [0.15, 0.2) is 5.96 Å². The molecule has 7 nitrogen and oxygen atoms in total. The van der Waals surface area contributed by atoms with Crippen molar-refractivity contribution >= 4 is 46.5 Å². The van der Waals surface area contributed by atoms with E-state index in [1.54, 1.807) is 12.1 Å². The Morgan fingerprint density at radius 2 is 1.90 bits per heavy atom. The molecule has 0 aliphatic carbocycles. The molecule has 3 rings (SSSR count). The number of nitrogens with zero attached hydrogens (tertiary/aromatic N) is 2. The molecule has 0 radical (unpaired) electrons. The third-order valence-electron chi connectivity index (χ3n) is 4.49. The highest BCUT2D eigenvalue weighted by atomic mass is 127. The zero-order valence-electron chi connectivity index (χ0n) is 16.9. The zero-order valence-corrected chi connectivity index (χ0v) is 19.2. The van der Waals surface area contributed by atoms with Gasteiger partial charge in [-0.1, -0.05) is 42.5 Å². The molecule has 30 heavy (non-hydrogen) atoms. The maximum atomic E-state index is 10.8. The first kappa shape index (κ1) is 23.4. The van der Waals surface area contributed by atoms with Crippen LogP contribution in [0.4, 0.5) is 5.69 Å². The minimum atomic E-state index is -0.404. The molecule has 1 aromatic heterocycles. The Kier molecular flexibility index (Phi) is 8.85. The minimum Gasteiger partial charge on any atom is -0.361 e. The number of nitro groups is 1. The largest absolute Gasteiger partial charge is 0.361 e. The van der Waals surface area contributed by atoms with E-state index in [-0.39, 0.29) is 29.7 Å². The molecule has 0 atom stereocenters. The number of non-ortho nitro benzene ring substituents is 1. The van der Waals surface area contributed by atoms with Gasteiger partial charge in [-0.15, -0.1) is 24.0 Å². The fourth-order valence-corrected chi connectivity index (χ4v) is 2.96. The van der Waals surface area contributed by atoms with Gasteiger partial charge in [0.1, 0.15) is 0 Å². The van der Waals surface area contributed by atoms with Gasteiger partial charge in [0.25, 0.3) is 5.69 Å². The molecule has 0 fully saturated rings. The molecule has 0 aliphatic heterocycles. The Morgan fingerprint density at radius 1 is 1.17 bits per heavy atom. The summed E-state index contributed by atoms with van der Waals surface area (Å²) < 4.78 is 0. The minimum absolute atomic E-state index is 0. The van der Waals surface area contributed by atoms with E-state index in [1.165, 1.54) is 23.1 Å². The molecular weight excluding hydrogens is 493 g/mol. The molecule has 3 aromatic rings. The Morgan fingerprint density at radius 3 is 2.60 bits per heavy atom. The Hall–Kier alpha value is -2.88. The summed E-state index contributed by atoms with van der Waals surface area (Å²) in [6.45, 7) is 7.64. The summed E-state index contributed by atoms with van der Waals surface area (Å²) in [6, 6.07) is 14.7. The third-order valence-corrected chi connectivity index (χ3v) is 4.49. The lowest BCUT2D eigenvalue weighted by Gasteiger charge is -2.12. The highest BCUT2D eigenvalue weighted by Gasteiger charge is 2.06. The van der Waals surface area contributed by atoms with Gasteiger partial charge in [-0.05, 0) is 30.5 Å². The standard InChI is InChI=1S/C22H25N5O2.HI/c1-16(2)13-25-22(26-14-17-7-9-19(10-8-17)27(28)29)23-12-11-18-15-24-21-6-4-3-5-20(18)21;/h3-10,15,24H,1,11-14H2,2H3,(H2,23,25,26);1H. The van der Waals surface area contributed by atoms with E-state index in [9.17, 15) is 10.1 Å². The Balaban J connectivity index is 0.00000320. The number of nitro benzene ring substituents is 1. The van der Waals surface area contributed by atoms with Crippen LogP contribution in [0.25, 0.3) is 10.9 Å². The van der Waals surface area contributed by atoms with E-state index in [0.29, 0.717) is 19.0 Å². The van der Waals surface area contributed by atoms with Crippen molar-refractivity contribution in [1.29, 1.82) is 0 Å². The predicted octanol–water partition coefficient (Wildman–Crippen LogP) is 4.55. The molecule has 0 unspecified atom stereocenters. The summed E-state index contributed by atoms with van der Waals surface area (Å²) in [5.41, 5.74) is 4.38. The second-order valence-corrected chi connectivity index (χ2v) is 6.94. The molecule has 0 saturated heterocycles. The summed E-state index contributed by atoms with van der Waals surface area (Å²) in [4.78, 5) is 18.3.